The fourth-order valence-corrected chi connectivity index (χ4v) is 10.9. The highest BCUT2D eigenvalue weighted by atomic mass is 16.6. The van der Waals surface area contributed by atoms with E-state index in [1.54, 1.807) is 0 Å². The maximum atomic E-state index is 13.0. The summed E-state index contributed by atoms with van der Waals surface area (Å²) in [4.78, 5) is 38.4. The summed E-state index contributed by atoms with van der Waals surface area (Å²) >= 11 is 0. The van der Waals surface area contributed by atoms with Crippen molar-refractivity contribution in [1.29, 1.82) is 0 Å². The van der Waals surface area contributed by atoms with Crippen LogP contribution in [0.2, 0.25) is 0 Å². The van der Waals surface area contributed by atoms with E-state index < -0.39 is 6.10 Å². The van der Waals surface area contributed by atoms with Gasteiger partial charge in [0.1, 0.15) is 13.2 Å². The summed E-state index contributed by atoms with van der Waals surface area (Å²) in [5.41, 5.74) is 0. The summed E-state index contributed by atoms with van der Waals surface area (Å²) in [5, 5.41) is 0. The van der Waals surface area contributed by atoms with Crippen molar-refractivity contribution in [3.05, 3.63) is 24.3 Å². The topological polar surface area (TPSA) is 78.9 Å². The normalized spacial score (nSPS) is 12.1. The fraction of sp³-hybridized carbons (Fsp3) is 0.903. The number of esters is 3. The third-order valence-electron chi connectivity index (χ3n) is 16.2. The highest BCUT2D eigenvalue weighted by molar-refractivity contribution is 5.71. The standard InChI is InChI=1S/C72H136O6/c1-4-7-10-13-16-19-22-25-28-31-33-35-36-38-39-41-44-47-50-53-56-59-62-65-71(74)77-68-69(67-76-70(73)64-61-58-55-52-49-46-43-30-27-24-21-18-15-12-9-6-3)78-72(75)66-63-60-57-54-51-48-45-42-40-37-34-32-29-26-23-20-17-14-11-8-5-2/h21,24,30,43,69H,4-20,22-23,25-29,31-42,44-68H2,1-3H3/b24-21-,43-30-. The molecule has 0 fully saturated rings. The van der Waals surface area contributed by atoms with E-state index >= 15 is 0 Å². The molecule has 0 N–H and O–H groups in total. The van der Waals surface area contributed by atoms with Crippen molar-refractivity contribution >= 4 is 17.9 Å². The lowest BCUT2D eigenvalue weighted by atomic mass is 10.0. The van der Waals surface area contributed by atoms with Crippen LogP contribution in [0, 0.1) is 0 Å². The third-order valence-corrected chi connectivity index (χ3v) is 16.2. The number of hydrogen-bond donors (Lipinski definition) is 0. The summed E-state index contributed by atoms with van der Waals surface area (Å²) < 4.78 is 17.0. The lowest BCUT2D eigenvalue weighted by Gasteiger charge is -2.18. The van der Waals surface area contributed by atoms with Gasteiger partial charge in [-0.3, -0.25) is 14.4 Å². The van der Waals surface area contributed by atoms with E-state index in [0.29, 0.717) is 19.3 Å². The van der Waals surface area contributed by atoms with Gasteiger partial charge in [0.05, 0.1) is 0 Å². The van der Waals surface area contributed by atoms with E-state index in [0.717, 1.165) is 77.0 Å². The first kappa shape index (κ1) is 75.9. The molecule has 0 spiro atoms. The Kier molecular flexibility index (Phi) is 65.6. The van der Waals surface area contributed by atoms with Gasteiger partial charge in [-0.1, -0.05) is 353 Å². The lowest BCUT2D eigenvalue weighted by Crippen LogP contribution is -2.30. The maximum Gasteiger partial charge on any atom is 0.306 e. The Labute approximate surface area is 487 Å². The fourth-order valence-electron chi connectivity index (χ4n) is 10.9. The zero-order chi connectivity index (χ0) is 56.4. The maximum absolute atomic E-state index is 13.0. The molecule has 0 heterocycles. The van der Waals surface area contributed by atoms with Crippen LogP contribution in [0.15, 0.2) is 24.3 Å². The number of carbonyl (C=O) groups excluding carboxylic acids is 3. The van der Waals surface area contributed by atoms with Gasteiger partial charge in [0.25, 0.3) is 0 Å². The Hall–Kier alpha value is -2.11. The molecule has 0 aliphatic carbocycles. The Morgan fingerprint density at radius 1 is 0.256 bits per heavy atom. The van der Waals surface area contributed by atoms with Crippen molar-refractivity contribution < 1.29 is 28.6 Å². The van der Waals surface area contributed by atoms with Gasteiger partial charge in [0.15, 0.2) is 6.10 Å². The quantitative estimate of drug-likeness (QED) is 0.0261. The van der Waals surface area contributed by atoms with E-state index in [4.69, 9.17) is 14.2 Å². The van der Waals surface area contributed by atoms with Crippen molar-refractivity contribution in [1.82, 2.24) is 0 Å². The molecule has 6 heteroatoms. The first-order valence-electron chi connectivity index (χ1n) is 35.3. The first-order valence-corrected chi connectivity index (χ1v) is 35.3. The molecular weight excluding hydrogens is 961 g/mol. The van der Waals surface area contributed by atoms with Crippen LogP contribution in [-0.2, 0) is 28.6 Å². The Balaban J connectivity index is 4.28. The zero-order valence-corrected chi connectivity index (χ0v) is 53.0. The molecule has 0 saturated heterocycles. The second-order valence-corrected chi connectivity index (χ2v) is 24.2. The minimum absolute atomic E-state index is 0.0691. The van der Waals surface area contributed by atoms with Crippen molar-refractivity contribution in [2.75, 3.05) is 13.2 Å². The molecule has 0 aliphatic heterocycles. The zero-order valence-electron chi connectivity index (χ0n) is 53.0. The predicted octanol–water partition coefficient (Wildman–Crippen LogP) is 24.2. The van der Waals surface area contributed by atoms with Gasteiger partial charge in [-0.05, 0) is 51.4 Å². The van der Waals surface area contributed by atoms with Gasteiger partial charge in [-0.15, -0.1) is 0 Å². The van der Waals surface area contributed by atoms with Crippen molar-refractivity contribution in [2.24, 2.45) is 0 Å². The summed E-state index contributed by atoms with van der Waals surface area (Å²) in [6.45, 7) is 6.70. The Bertz CT molecular complexity index is 1260. The Morgan fingerprint density at radius 3 is 0.718 bits per heavy atom. The smallest absolute Gasteiger partial charge is 0.306 e. The molecule has 0 radical (unpaired) electrons. The Morgan fingerprint density at radius 2 is 0.462 bits per heavy atom. The molecule has 0 aromatic carbocycles. The average molecular weight is 1100 g/mol. The minimum Gasteiger partial charge on any atom is -0.462 e. The molecule has 6 nitrogen and oxygen atoms in total. The van der Waals surface area contributed by atoms with Gasteiger partial charge in [0.2, 0.25) is 0 Å². The van der Waals surface area contributed by atoms with E-state index in [1.807, 2.05) is 0 Å². The number of ether oxygens (including phenoxy) is 3. The number of unbranched alkanes of at least 4 members (excludes halogenated alkanes) is 51. The third kappa shape index (κ3) is 64.7. The van der Waals surface area contributed by atoms with Crippen molar-refractivity contribution in [3.8, 4) is 0 Å². The molecule has 0 aromatic heterocycles. The molecule has 0 aromatic rings. The summed E-state index contributed by atoms with van der Waals surface area (Å²) in [5.74, 6) is -0.849. The van der Waals surface area contributed by atoms with Crippen LogP contribution >= 0.6 is 0 Å². The SMILES string of the molecule is CCCCCC/C=C\C/C=C\CCCCCCCC(=O)OCC(COC(=O)CCCCCCCCCCCCCCCCCCCCCCCCC)OC(=O)CCCCCCCCCCCCCCCCCCCCCCC. The molecule has 1 atom stereocenters. The number of hydrogen-bond acceptors (Lipinski definition) is 6. The van der Waals surface area contributed by atoms with E-state index in [1.165, 1.54) is 283 Å². The highest BCUT2D eigenvalue weighted by Gasteiger charge is 2.19. The molecule has 0 rings (SSSR count). The van der Waals surface area contributed by atoms with E-state index in [2.05, 4.69) is 45.1 Å². The molecule has 0 amide bonds. The summed E-state index contributed by atoms with van der Waals surface area (Å²) in [6, 6.07) is 0. The molecule has 1 unspecified atom stereocenters. The molecule has 78 heavy (non-hydrogen) atoms. The van der Waals surface area contributed by atoms with Crippen LogP contribution in [-0.4, -0.2) is 37.2 Å². The van der Waals surface area contributed by atoms with Crippen LogP contribution in [0.5, 0.6) is 0 Å². The van der Waals surface area contributed by atoms with Crippen LogP contribution in [0.3, 0.4) is 0 Å². The van der Waals surface area contributed by atoms with Gasteiger partial charge in [-0.25, -0.2) is 0 Å². The second kappa shape index (κ2) is 67.4. The lowest BCUT2D eigenvalue weighted by molar-refractivity contribution is -0.167. The predicted molar refractivity (Wildman–Crippen MR) is 340 cm³/mol. The van der Waals surface area contributed by atoms with Gasteiger partial charge in [-0.2, -0.15) is 0 Å². The van der Waals surface area contributed by atoms with Gasteiger partial charge < -0.3 is 14.2 Å². The molecule has 0 aliphatic rings. The molecule has 460 valence electrons. The largest absolute Gasteiger partial charge is 0.462 e. The van der Waals surface area contributed by atoms with Crippen LogP contribution in [0.4, 0.5) is 0 Å². The van der Waals surface area contributed by atoms with Gasteiger partial charge in [0, 0.05) is 19.3 Å². The van der Waals surface area contributed by atoms with Crippen LogP contribution < -0.4 is 0 Å². The van der Waals surface area contributed by atoms with Crippen molar-refractivity contribution in [3.63, 3.8) is 0 Å². The molecule has 0 bridgehead atoms. The van der Waals surface area contributed by atoms with Crippen molar-refractivity contribution in [2.45, 2.75) is 406 Å². The molecular formula is C72H136O6. The number of carbonyl (C=O) groups is 3. The van der Waals surface area contributed by atoms with Crippen LogP contribution in [0.1, 0.15) is 400 Å². The summed E-state index contributed by atoms with van der Waals surface area (Å²) in [6.07, 6.45) is 82.0. The first-order chi connectivity index (χ1) is 38.5. The highest BCUT2D eigenvalue weighted by Crippen LogP contribution is 2.19. The molecule has 0 saturated carbocycles. The van der Waals surface area contributed by atoms with Crippen LogP contribution in [0.25, 0.3) is 0 Å². The number of allylic oxidation sites excluding steroid dienone is 4. The average Bonchev–Trinajstić information content (AvgIpc) is 3.44. The summed E-state index contributed by atoms with van der Waals surface area (Å²) in [7, 11) is 0. The monoisotopic (exact) mass is 1100 g/mol. The van der Waals surface area contributed by atoms with E-state index in [-0.39, 0.29) is 31.1 Å². The second-order valence-electron chi connectivity index (χ2n) is 24.2. The minimum atomic E-state index is -0.774. The van der Waals surface area contributed by atoms with Gasteiger partial charge >= 0.3 is 17.9 Å². The number of rotatable bonds is 66. The van der Waals surface area contributed by atoms with E-state index in [9.17, 15) is 14.4 Å².